The summed E-state index contributed by atoms with van der Waals surface area (Å²) in [6, 6.07) is 9.11. The Labute approximate surface area is 157 Å². The molecule has 8 heteroatoms. The summed E-state index contributed by atoms with van der Waals surface area (Å²) in [5.74, 6) is 2.49. The number of hydrogen-bond donors (Lipinski definition) is 1. The van der Waals surface area contributed by atoms with E-state index in [0.717, 1.165) is 25.2 Å². The minimum atomic E-state index is -0.115. The van der Waals surface area contributed by atoms with Gasteiger partial charge in [-0.15, -0.1) is 10.2 Å². The van der Waals surface area contributed by atoms with Crippen molar-refractivity contribution in [2.75, 3.05) is 43.6 Å². The second-order valence-electron chi connectivity index (χ2n) is 6.57. The number of hydrogen-bond acceptors (Lipinski definition) is 7. The number of carbonyl (C=O) groups excluding carboxylic acids is 1. The molecule has 1 unspecified atom stereocenters. The maximum atomic E-state index is 12.7. The van der Waals surface area contributed by atoms with Crippen LogP contribution in [0.15, 0.2) is 30.3 Å². The standard InChI is InChI=1S/C19H22N4O4/c1-25-18-7-6-17(21-22-18)23-8-2-3-13(12-23)19(24)20-14-4-5-15-16(11-14)27-10-9-26-15/h4-7,11,13H,2-3,8-10,12H2,1H3,(H,20,24). The largest absolute Gasteiger partial charge is 0.486 e. The van der Waals surface area contributed by atoms with Crippen molar-refractivity contribution in [3.05, 3.63) is 30.3 Å². The Hall–Kier alpha value is -3.03. The third-order valence-corrected chi connectivity index (χ3v) is 4.76. The molecule has 142 valence electrons. The predicted molar refractivity (Wildman–Crippen MR) is 99.6 cm³/mol. The molecule has 2 aromatic rings. The molecule has 2 aliphatic rings. The van der Waals surface area contributed by atoms with E-state index in [1.54, 1.807) is 13.2 Å². The molecular formula is C19H22N4O4. The van der Waals surface area contributed by atoms with Crippen LogP contribution in [0.4, 0.5) is 11.5 Å². The summed E-state index contributed by atoms with van der Waals surface area (Å²) in [5, 5.41) is 11.2. The molecule has 0 bridgehead atoms. The molecule has 2 aliphatic heterocycles. The maximum absolute atomic E-state index is 12.7. The third-order valence-electron chi connectivity index (χ3n) is 4.76. The summed E-state index contributed by atoms with van der Waals surface area (Å²) in [6.07, 6.45) is 1.77. The number of rotatable bonds is 4. The Morgan fingerprint density at radius 3 is 2.81 bits per heavy atom. The van der Waals surface area contributed by atoms with Gasteiger partial charge in [0.25, 0.3) is 0 Å². The normalized spacial score (nSPS) is 18.7. The van der Waals surface area contributed by atoms with Crippen molar-refractivity contribution in [2.45, 2.75) is 12.8 Å². The van der Waals surface area contributed by atoms with Gasteiger partial charge in [0.15, 0.2) is 17.3 Å². The summed E-state index contributed by atoms with van der Waals surface area (Å²) in [5.41, 5.74) is 0.714. The Morgan fingerprint density at radius 2 is 2.04 bits per heavy atom. The van der Waals surface area contributed by atoms with Crippen molar-refractivity contribution in [3.8, 4) is 17.4 Å². The van der Waals surface area contributed by atoms with Crippen LogP contribution in [0.3, 0.4) is 0 Å². The lowest BCUT2D eigenvalue weighted by Crippen LogP contribution is -2.41. The van der Waals surface area contributed by atoms with E-state index in [2.05, 4.69) is 20.4 Å². The highest BCUT2D eigenvalue weighted by molar-refractivity contribution is 5.93. The van der Waals surface area contributed by atoms with Crippen LogP contribution in [-0.2, 0) is 4.79 Å². The average molecular weight is 370 g/mol. The smallest absolute Gasteiger partial charge is 0.233 e. The fourth-order valence-electron chi connectivity index (χ4n) is 3.36. The zero-order valence-electron chi connectivity index (χ0n) is 15.2. The molecule has 0 radical (unpaired) electrons. The lowest BCUT2D eigenvalue weighted by Gasteiger charge is -2.32. The maximum Gasteiger partial charge on any atom is 0.233 e. The highest BCUT2D eigenvalue weighted by Gasteiger charge is 2.27. The van der Waals surface area contributed by atoms with Gasteiger partial charge >= 0.3 is 0 Å². The van der Waals surface area contributed by atoms with Gasteiger partial charge in [0.2, 0.25) is 11.8 Å². The van der Waals surface area contributed by atoms with Crippen LogP contribution in [0.5, 0.6) is 17.4 Å². The first-order valence-corrected chi connectivity index (χ1v) is 9.06. The van der Waals surface area contributed by atoms with Gasteiger partial charge in [-0.25, -0.2) is 0 Å². The number of fused-ring (bicyclic) bond motifs is 1. The monoisotopic (exact) mass is 370 g/mol. The van der Waals surface area contributed by atoms with Crippen molar-refractivity contribution < 1.29 is 19.0 Å². The van der Waals surface area contributed by atoms with Crippen molar-refractivity contribution in [2.24, 2.45) is 5.92 Å². The van der Waals surface area contributed by atoms with Gasteiger partial charge in [0, 0.05) is 30.9 Å². The van der Waals surface area contributed by atoms with Crippen LogP contribution in [0, 0.1) is 5.92 Å². The van der Waals surface area contributed by atoms with Crippen molar-refractivity contribution in [1.82, 2.24) is 10.2 Å². The molecule has 27 heavy (non-hydrogen) atoms. The molecule has 0 saturated carbocycles. The number of nitrogens with one attached hydrogen (secondary N) is 1. The number of carbonyl (C=O) groups is 1. The molecule has 1 saturated heterocycles. The van der Waals surface area contributed by atoms with E-state index in [1.165, 1.54) is 0 Å². The number of ether oxygens (including phenoxy) is 3. The van der Waals surface area contributed by atoms with Gasteiger partial charge in [-0.1, -0.05) is 0 Å². The zero-order chi connectivity index (χ0) is 18.6. The van der Waals surface area contributed by atoms with Crippen molar-refractivity contribution in [3.63, 3.8) is 0 Å². The summed E-state index contributed by atoms with van der Waals surface area (Å²) in [4.78, 5) is 14.8. The molecule has 8 nitrogen and oxygen atoms in total. The lowest BCUT2D eigenvalue weighted by atomic mass is 9.97. The van der Waals surface area contributed by atoms with Gasteiger partial charge < -0.3 is 24.4 Å². The fraction of sp³-hybridized carbons (Fsp3) is 0.421. The van der Waals surface area contributed by atoms with E-state index < -0.39 is 0 Å². The molecule has 1 aromatic heterocycles. The molecule has 1 aromatic carbocycles. The molecule has 1 amide bonds. The minimum Gasteiger partial charge on any atom is -0.486 e. The molecule has 0 spiro atoms. The lowest BCUT2D eigenvalue weighted by molar-refractivity contribution is -0.120. The van der Waals surface area contributed by atoms with E-state index in [-0.39, 0.29) is 11.8 Å². The van der Waals surface area contributed by atoms with Crippen molar-refractivity contribution in [1.29, 1.82) is 0 Å². The molecule has 3 heterocycles. The van der Waals surface area contributed by atoms with Crippen LogP contribution in [-0.4, -0.2) is 49.5 Å². The Kier molecular flexibility index (Phi) is 4.95. The van der Waals surface area contributed by atoms with E-state index in [0.29, 0.717) is 42.8 Å². The number of anilines is 2. The number of amides is 1. The molecule has 1 fully saturated rings. The zero-order valence-corrected chi connectivity index (χ0v) is 15.2. The van der Waals surface area contributed by atoms with Gasteiger partial charge in [-0.3, -0.25) is 4.79 Å². The molecule has 4 rings (SSSR count). The van der Waals surface area contributed by atoms with Crippen LogP contribution in [0.2, 0.25) is 0 Å². The quantitative estimate of drug-likeness (QED) is 0.882. The first kappa shape index (κ1) is 17.4. The summed E-state index contributed by atoms with van der Waals surface area (Å²) < 4.78 is 16.1. The van der Waals surface area contributed by atoms with Gasteiger partial charge in [-0.2, -0.15) is 0 Å². The van der Waals surface area contributed by atoms with Crippen molar-refractivity contribution >= 4 is 17.4 Å². The van der Waals surface area contributed by atoms with Gasteiger partial charge in [-0.05, 0) is 31.0 Å². The molecule has 0 aliphatic carbocycles. The second kappa shape index (κ2) is 7.69. The first-order chi connectivity index (χ1) is 13.2. The van der Waals surface area contributed by atoms with E-state index in [9.17, 15) is 4.79 Å². The Balaban J connectivity index is 1.41. The number of aromatic nitrogens is 2. The highest BCUT2D eigenvalue weighted by atomic mass is 16.6. The van der Waals surface area contributed by atoms with E-state index in [1.807, 2.05) is 24.3 Å². The van der Waals surface area contributed by atoms with Crippen LogP contribution in [0.1, 0.15) is 12.8 Å². The minimum absolute atomic E-state index is 0.00199. The fourth-order valence-corrected chi connectivity index (χ4v) is 3.36. The second-order valence-corrected chi connectivity index (χ2v) is 6.57. The Bertz CT molecular complexity index is 812. The number of methoxy groups -OCH3 is 1. The summed E-state index contributed by atoms with van der Waals surface area (Å²) >= 11 is 0. The van der Waals surface area contributed by atoms with E-state index in [4.69, 9.17) is 14.2 Å². The number of piperidine rings is 1. The molecular weight excluding hydrogens is 348 g/mol. The molecule has 1 atom stereocenters. The Morgan fingerprint density at radius 1 is 1.19 bits per heavy atom. The van der Waals surface area contributed by atoms with E-state index >= 15 is 0 Å². The summed E-state index contributed by atoms with van der Waals surface area (Å²) in [7, 11) is 1.56. The highest BCUT2D eigenvalue weighted by Crippen LogP contribution is 2.33. The average Bonchev–Trinajstić information content (AvgIpc) is 2.74. The van der Waals surface area contributed by atoms with Crippen LogP contribution < -0.4 is 24.4 Å². The third kappa shape index (κ3) is 3.89. The topological polar surface area (TPSA) is 85.8 Å². The molecule has 1 N–H and O–H groups in total. The first-order valence-electron chi connectivity index (χ1n) is 9.06. The predicted octanol–water partition coefficient (Wildman–Crippen LogP) is 2.11. The number of benzene rings is 1. The SMILES string of the molecule is COc1ccc(N2CCCC(C(=O)Nc3ccc4c(c3)OCCO4)C2)nn1. The van der Waals surface area contributed by atoms with Gasteiger partial charge in [0.1, 0.15) is 13.2 Å². The van der Waals surface area contributed by atoms with Crippen LogP contribution in [0.25, 0.3) is 0 Å². The van der Waals surface area contributed by atoms with Crippen LogP contribution >= 0.6 is 0 Å². The summed E-state index contributed by atoms with van der Waals surface area (Å²) in [6.45, 7) is 2.53. The number of nitrogens with zero attached hydrogens (tertiary/aromatic N) is 3. The van der Waals surface area contributed by atoms with Gasteiger partial charge in [0.05, 0.1) is 13.0 Å².